The number of rotatable bonds is 21. The maximum absolute atomic E-state index is 12.1. The molecule has 0 aromatic rings. The summed E-state index contributed by atoms with van der Waals surface area (Å²) < 4.78 is 37.5. The molecule has 14 nitrogen and oxygen atoms in total. The summed E-state index contributed by atoms with van der Waals surface area (Å²) in [6.45, 7) is 12.1. The van der Waals surface area contributed by atoms with Crippen molar-refractivity contribution in [1.29, 1.82) is 0 Å². The van der Waals surface area contributed by atoms with Crippen molar-refractivity contribution < 1.29 is 52.3 Å². The number of alkyl carbamates (subject to hydrolysis) is 2. The van der Waals surface area contributed by atoms with Crippen LogP contribution >= 0.6 is 0 Å². The van der Waals surface area contributed by atoms with Crippen LogP contribution in [0.3, 0.4) is 0 Å². The van der Waals surface area contributed by atoms with Gasteiger partial charge in [0.25, 0.3) is 0 Å². The molecule has 6 atom stereocenters. The Hall–Kier alpha value is -2.68. The zero-order valence-electron chi connectivity index (χ0n) is 30.1. The highest BCUT2D eigenvalue weighted by Crippen LogP contribution is 2.50. The van der Waals surface area contributed by atoms with Crippen molar-refractivity contribution >= 4 is 24.1 Å². The number of ether oxygens (including phenoxy) is 7. The van der Waals surface area contributed by atoms with Gasteiger partial charge < -0.3 is 49.1 Å². The van der Waals surface area contributed by atoms with Crippen molar-refractivity contribution in [2.45, 2.75) is 122 Å². The lowest BCUT2D eigenvalue weighted by Crippen LogP contribution is -2.30. The number of unbranched alkanes of at least 4 members (excludes halogenated alkanes) is 3. The molecule has 3 amide bonds. The molecule has 4 aliphatic rings. The van der Waals surface area contributed by atoms with E-state index in [1.807, 2.05) is 0 Å². The molecule has 2 heterocycles. The van der Waals surface area contributed by atoms with Crippen molar-refractivity contribution in [3.8, 4) is 0 Å². The summed E-state index contributed by atoms with van der Waals surface area (Å²) >= 11 is 0. The van der Waals surface area contributed by atoms with Crippen molar-refractivity contribution in [2.24, 2.45) is 11.8 Å². The van der Waals surface area contributed by atoms with Crippen LogP contribution in [-0.4, -0.2) is 113 Å². The molecule has 0 spiro atoms. The number of epoxide rings is 2. The summed E-state index contributed by atoms with van der Waals surface area (Å²) in [5.41, 5.74) is 0.0158. The molecule has 282 valence electrons. The molecule has 2 saturated heterocycles. The van der Waals surface area contributed by atoms with Gasteiger partial charge in [-0.15, -0.1) is 0 Å². The van der Waals surface area contributed by atoms with Crippen molar-refractivity contribution in [1.82, 2.24) is 16.0 Å². The monoisotopic (exact) mass is 699 g/mol. The predicted octanol–water partition coefficient (Wildman–Crippen LogP) is 4.02. The second-order valence-corrected chi connectivity index (χ2v) is 13.8. The number of amides is 3. The Bertz CT molecular complexity index is 1030. The van der Waals surface area contributed by atoms with Gasteiger partial charge in [0.1, 0.15) is 13.2 Å². The number of esters is 1. The third kappa shape index (κ3) is 16.3. The predicted molar refractivity (Wildman–Crippen MR) is 180 cm³/mol. The van der Waals surface area contributed by atoms with Gasteiger partial charge in [0.05, 0.1) is 62.4 Å². The van der Waals surface area contributed by atoms with E-state index in [1.165, 1.54) is 6.92 Å². The molecular formula is C35H61N3O11. The van der Waals surface area contributed by atoms with E-state index in [-0.39, 0.29) is 48.3 Å². The molecule has 2 aliphatic carbocycles. The maximum Gasteiger partial charge on any atom is 0.407 e. The smallest absolute Gasteiger partial charge is 0.407 e. The van der Waals surface area contributed by atoms with Gasteiger partial charge in [0.2, 0.25) is 5.91 Å². The Kier molecular flexibility index (Phi) is 17.9. The van der Waals surface area contributed by atoms with E-state index in [2.05, 4.69) is 36.7 Å². The fourth-order valence-corrected chi connectivity index (χ4v) is 6.25. The standard InChI is InChI=1S/C20H35NO7.C15H26N2O4/c1-3-4-5-8-21-19(23)27-14-12-25-10-9-24-11-13-26-18(22)16-6-7-17-20(2,15-16)28-17;1-11(18)16-7-3-4-8-17-14(19)20-10-12-5-6-15(2)13(9-12)21-15/h16-17H,3-15H2,1-2H3,(H,21,23);12-13H,3-10H2,1-2H3,(H,16,18)(H,17,19). The first kappa shape index (κ1) is 40.7. The van der Waals surface area contributed by atoms with Crippen LogP contribution in [0.1, 0.15) is 98.3 Å². The number of carbonyl (C=O) groups excluding carboxylic acids is 4. The molecule has 0 radical (unpaired) electrons. The highest BCUT2D eigenvalue weighted by molar-refractivity contribution is 5.73. The summed E-state index contributed by atoms with van der Waals surface area (Å²) in [7, 11) is 0. The summed E-state index contributed by atoms with van der Waals surface area (Å²) in [6, 6.07) is 0. The van der Waals surface area contributed by atoms with Crippen molar-refractivity contribution in [2.75, 3.05) is 65.9 Å². The minimum absolute atomic E-state index is 0.0226. The second-order valence-electron chi connectivity index (χ2n) is 13.8. The number of carbonyl (C=O) groups is 4. The molecule has 4 fully saturated rings. The average Bonchev–Trinajstić information content (AvgIpc) is 3.96. The zero-order chi connectivity index (χ0) is 35.5. The van der Waals surface area contributed by atoms with Gasteiger partial charge in [-0.1, -0.05) is 19.8 Å². The first-order valence-corrected chi connectivity index (χ1v) is 18.3. The Morgan fingerprint density at radius 2 is 1.29 bits per heavy atom. The summed E-state index contributed by atoms with van der Waals surface area (Å²) in [5, 5.41) is 8.14. The first-order valence-electron chi connectivity index (χ1n) is 18.3. The highest BCUT2D eigenvalue weighted by Gasteiger charge is 2.57. The minimum atomic E-state index is -0.409. The van der Waals surface area contributed by atoms with E-state index in [0.29, 0.717) is 70.8 Å². The number of nitrogens with one attached hydrogen (secondary N) is 3. The zero-order valence-corrected chi connectivity index (χ0v) is 30.1. The summed E-state index contributed by atoms with van der Waals surface area (Å²) in [5.74, 6) is 0.192. The van der Waals surface area contributed by atoms with Gasteiger partial charge in [-0.05, 0) is 77.6 Å². The number of fused-ring (bicyclic) bond motifs is 2. The number of hydrogen-bond acceptors (Lipinski definition) is 11. The largest absolute Gasteiger partial charge is 0.463 e. The van der Waals surface area contributed by atoms with Crippen LogP contribution in [0.4, 0.5) is 9.59 Å². The first-order chi connectivity index (χ1) is 23.5. The van der Waals surface area contributed by atoms with E-state index >= 15 is 0 Å². The van der Waals surface area contributed by atoms with E-state index in [9.17, 15) is 19.2 Å². The second kappa shape index (κ2) is 21.5. The summed E-state index contributed by atoms with van der Waals surface area (Å²) in [6.07, 6.45) is 10.5. The van der Waals surface area contributed by atoms with Gasteiger partial charge in [-0.2, -0.15) is 0 Å². The van der Waals surface area contributed by atoms with Crippen molar-refractivity contribution in [3.05, 3.63) is 0 Å². The summed E-state index contributed by atoms with van der Waals surface area (Å²) in [4.78, 5) is 45.6. The Morgan fingerprint density at radius 3 is 1.92 bits per heavy atom. The van der Waals surface area contributed by atoms with Crippen LogP contribution in [0, 0.1) is 11.8 Å². The van der Waals surface area contributed by atoms with Crippen LogP contribution in [0.2, 0.25) is 0 Å². The normalized spacial score (nSPS) is 27.6. The van der Waals surface area contributed by atoms with Crippen LogP contribution in [0.25, 0.3) is 0 Å². The molecule has 6 unspecified atom stereocenters. The molecule has 4 rings (SSSR count). The Labute approximate surface area is 291 Å². The molecule has 0 bridgehead atoms. The van der Waals surface area contributed by atoms with Crippen LogP contribution in [0.15, 0.2) is 0 Å². The van der Waals surface area contributed by atoms with E-state index in [4.69, 9.17) is 33.2 Å². The van der Waals surface area contributed by atoms with E-state index in [1.54, 1.807) is 0 Å². The van der Waals surface area contributed by atoms with Gasteiger partial charge in [0.15, 0.2) is 0 Å². The molecule has 0 aromatic heterocycles. The van der Waals surface area contributed by atoms with E-state index in [0.717, 1.165) is 70.6 Å². The Balaban J connectivity index is 0.000000276. The number of hydrogen-bond donors (Lipinski definition) is 3. The fourth-order valence-electron chi connectivity index (χ4n) is 6.25. The van der Waals surface area contributed by atoms with Gasteiger partial charge >= 0.3 is 18.2 Å². The van der Waals surface area contributed by atoms with Crippen molar-refractivity contribution in [3.63, 3.8) is 0 Å². The Morgan fingerprint density at radius 1 is 0.694 bits per heavy atom. The molecule has 3 N–H and O–H groups in total. The lowest BCUT2D eigenvalue weighted by Gasteiger charge is -2.21. The van der Waals surface area contributed by atoms with Gasteiger partial charge in [-0.25, -0.2) is 9.59 Å². The van der Waals surface area contributed by atoms with Crippen LogP contribution in [-0.2, 0) is 42.7 Å². The van der Waals surface area contributed by atoms with Crippen LogP contribution < -0.4 is 16.0 Å². The van der Waals surface area contributed by atoms with Gasteiger partial charge in [-0.3, -0.25) is 9.59 Å². The molecule has 14 heteroatoms. The van der Waals surface area contributed by atoms with Gasteiger partial charge in [0, 0.05) is 26.6 Å². The molecule has 49 heavy (non-hydrogen) atoms. The maximum atomic E-state index is 12.1. The lowest BCUT2D eigenvalue weighted by molar-refractivity contribution is -0.151. The quantitative estimate of drug-likeness (QED) is 0.0683. The third-order valence-electron chi connectivity index (χ3n) is 9.48. The van der Waals surface area contributed by atoms with Crippen LogP contribution in [0.5, 0.6) is 0 Å². The highest BCUT2D eigenvalue weighted by atomic mass is 16.6. The minimum Gasteiger partial charge on any atom is -0.463 e. The lowest BCUT2D eigenvalue weighted by atomic mass is 9.82. The molecular weight excluding hydrogens is 638 g/mol. The topological polar surface area (TPSA) is 176 Å². The SMILES string of the molecule is CC(=O)NCCCCNC(=O)OCC1CCC2(C)OC2C1.CCCCCNC(=O)OCCOCCOCCOC(=O)C1CCC2OC2(C)C1. The average molecular weight is 700 g/mol. The third-order valence-corrected chi connectivity index (χ3v) is 9.48. The molecule has 2 saturated carbocycles. The molecule has 0 aromatic carbocycles. The molecule has 2 aliphatic heterocycles. The van der Waals surface area contributed by atoms with E-state index < -0.39 is 6.09 Å². The fraction of sp³-hybridized carbons (Fsp3) is 0.886.